The zero-order chi connectivity index (χ0) is 21.5. The first-order chi connectivity index (χ1) is 15.2. The predicted molar refractivity (Wildman–Crippen MR) is 126 cm³/mol. The van der Waals surface area contributed by atoms with E-state index in [1.807, 2.05) is 83.8 Å². The molecule has 0 aliphatic carbocycles. The SMILES string of the molecule is O=C(Nc1ccccc1C(=O)N1CCCCC1)/C(=C/c1ccccc1)c1ccccc1. The van der Waals surface area contributed by atoms with Crippen LogP contribution in [0, 0.1) is 0 Å². The van der Waals surface area contributed by atoms with Crippen LogP contribution in [0.5, 0.6) is 0 Å². The van der Waals surface area contributed by atoms with Crippen molar-refractivity contribution in [3.05, 3.63) is 102 Å². The lowest BCUT2D eigenvalue weighted by Crippen LogP contribution is -2.36. The molecule has 1 heterocycles. The van der Waals surface area contributed by atoms with E-state index >= 15 is 0 Å². The third-order valence-corrected chi connectivity index (χ3v) is 5.49. The highest BCUT2D eigenvalue weighted by Crippen LogP contribution is 2.24. The fourth-order valence-electron chi connectivity index (χ4n) is 3.85. The summed E-state index contributed by atoms with van der Waals surface area (Å²) in [6, 6.07) is 26.6. The van der Waals surface area contributed by atoms with E-state index in [4.69, 9.17) is 0 Å². The number of piperidine rings is 1. The molecule has 4 heteroatoms. The molecule has 1 fully saturated rings. The van der Waals surface area contributed by atoms with Crippen molar-refractivity contribution in [1.82, 2.24) is 4.90 Å². The Bertz CT molecular complexity index is 1070. The predicted octanol–water partition coefficient (Wildman–Crippen LogP) is 5.49. The van der Waals surface area contributed by atoms with E-state index in [2.05, 4.69) is 5.32 Å². The van der Waals surface area contributed by atoms with Crippen LogP contribution in [0.25, 0.3) is 11.6 Å². The molecule has 0 atom stereocenters. The van der Waals surface area contributed by atoms with Crippen LogP contribution in [-0.4, -0.2) is 29.8 Å². The number of nitrogens with zero attached hydrogens (tertiary/aromatic N) is 1. The molecule has 3 aromatic rings. The minimum atomic E-state index is -0.242. The first-order valence-electron chi connectivity index (χ1n) is 10.7. The van der Waals surface area contributed by atoms with E-state index in [-0.39, 0.29) is 11.8 Å². The second-order valence-corrected chi connectivity index (χ2v) is 7.69. The molecule has 1 N–H and O–H groups in total. The number of hydrogen-bond acceptors (Lipinski definition) is 2. The molecule has 1 saturated heterocycles. The quantitative estimate of drug-likeness (QED) is 0.446. The highest BCUT2D eigenvalue weighted by Gasteiger charge is 2.22. The Kier molecular flexibility index (Phi) is 6.58. The van der Waals surface area contributed by atoms with Gasteiger partial charge >= 0.3 is 0 Å². The fourth-order valence-corrected chi connectivity index (χ4v) is 3.85. The van der Waals surface area contributed by atoms with Crippen molar-refractivity contribution in [2.75, 3.05) is 18.4 Å². The lowest BCUT2D eigenvalue weighted by atomic mass is 10.0. The molecule has 0 unspecified atom stereocenters. The molecule has 4 rings (SSSR count). The number of anilines is 1. The zero-order valence-electron chi connectivity index (χ0n) is 17.5. The summed E-state index contributed by atoms with van der Waals surface area (Å²) < 4.78 is 0. The van der Waals surface area contributed by atoms with E-state index < -0.39 is 0 Å². The molecule has 1 aliphatic rings. The number of nitrogens with one attached hydrogen (secondary N) is 1. The standard InChI is InChI=1S/C27H26N2O2/c30-26(24(22-14-6-2-7-15-22)20-21-12-4-1-5-13-21)28-25-17-9-8-16-23(25)27(31)29-18-10-3-11-19-29/h1-2,4-9,12-17,20H,3,10-11,18-19H2,(H,28,30)/b24-20+. The number of para-hydroxylation sites is 1. The molecule has 31 heavy (non-hydrogen) atoms. The number of amides is 2. The van der Waals surface area contributed by atoms with Gasteiger partial charge in [-0.05, 0) is 48.6 Å². The molecule has 2 amide bonds. The molecule has 0 saturated carbocycles. The summed E-state index contributed by atoms with van der Waals surface area (Å²) in [5, 5.41) is 2.99. The number of benzene rings is 3. The highest BCUT2D eigenvalue weighted by molar-refractivity contribution is 6.29. The number of rotatable bonds is 5. The van der Waals surface area contributed by atoms with Crippen molar-refractivity contribution in [3.63, 3.8) is 0 Å². The molecular formula is C27H26N2O2. The van der Waals surface area contributed by atoms with Gasteiger partial charge in [-0.2, -0.15) is 0 Å². The normalized spacial score (nSPS) is 14.2. The molecular weight excluding hydrogens is 384 g/mol. The van der Waals surface area contributed by atoms with Gasteiger partial charge in [-0.15, -0.1) is 0 Å². The smallest absolute Gasteiger partial charge is 0.256 e. The van der Waals surface area contributed by atoms with Crippen LogP contribution >= 0.6 is 0 Å². The topological polar surface area (TPSA) is 49.4 Å². The maximum Gasteiger partial charge on any atom is 0.256 e. The maximum absolute atomic E-state index is 13.4. The Morgan fingerprint density at radius 2 is 1.35 bits per heavy atom. The molecule has 0 radical (unpaired) electrons. The van der Waals surface area contributed by atoms with Gasteiger partial charge < -0.3 is 10.2 Å². The Morgan fingerprint density at radius 1 is 0.742 bits per heavy atom. The first kappa shape index (κ1) is 20.6. The summed E-state index contributed by atoms with van der Waals surface area (Å²) >= 11 is 0. The lowest BCUT2D eigenvalue weighted by Gasteiger charge is -2.27. The van der Waals surface area contributed by atoms with Crippen molar-refractivity contribution in [2.45, 2.75) is 19.3 Å². The van der Waals surface area contributed by atoms with Gasteiger partial charge in [0.25, 0.3) is 11.8 Å². The van der Waals surface area contributed by atoms with Gasteiger partial charge in [0.15, 0.2) is 0 Å². The molecule has 4 nitrogen and oxygen atoms in total. The largest absolute Gasteiger partial charge is 0.339 e. The second kappa shape index (κ2) is 9.90. The number of likely N-dealkylation sites (tertiary alicyclic amines) is 1. The molecule has 1 aliphatic heterocycles. The summed E-state index contributed by atoms with van der Waals surface area (Å²) in [5.74, 6) is -0.266. The van der Waals surface area contributed by atoms with Crippen molar-refractivity contribution in [3.8, 4) is 0 Å². The van der Waals surface area contributed by atoms with Gasteiger partial charge in [-0.1, -0.05) is 72.8 Å². The van der Waals surface area contributed by atoms with E-state index in [1.165, 1.54) is 0 Å². The highest BCUT2D eigenvalue weighted by atomic mass is 16.2. The van der Waals surface area contributed by atoms with Crippen LogP contribution in [0.4, 0.5) is 5.69 Å². The monoisotopic (exact) mass is 410 g/mol. The second-order valence-electron chi connectivity index (χ2n) is 7.69. The molecule has 0 bridgehead atoms. The van der Waals surface area contributed by atoms with Gasteiger partial charge in [0.05, 0.1) is 11.3 Å². The van der Waals surface area contributed by atoms with E-state index in [1.54, 1.807) is 12.1 Å². The van der Waals surface area contributed by atoms with Gasteiger partial charge in [0.2, 0.25) is 0 Å². The summed E-state index contributed by atoms with van der Waals surface area (Å²) in [6.07, 6.45) is 5.09. The van der Waals surface area contributed by atoms with Crippen LogP contribution in [0.1, 0.15) is 40.7 Å². The molecule has 3 aromatic carbocycles. The summed E-state index contributed by atoms with van der Waals surface area (Å²) in [7, 11) is 0. The minimum Gasteiger partial charge on any atom is -0.339 e. The summed E-state index contributed by atoms with van der Waals surface area (Å²) in [4.78, 5) is 28.3. The molecule has 156 valence electrons. The van der Waals surface area contributed by atoms with Crippen LogP contribution in [0.2, 0.25) is 0 Å². The maximum atomic E-state index is 13.4. The third-order valence-electron chi connectivity index (χ3n) is 5.49. The van der Waals surface area contributed by atoms with Crippen molar-refractivity contribution in [1.29, 1.82) is 0 Å². The number of carbonyl (C=O) groups excluding carboxylic acids is 2. The van der Waals surface area contributed by atoms with Crippen LogP contribution in [0.15, 0.2) is 84.9 Å². The van der Waals surface area contributed by atoms with Gasteiger partial charge in [0, 0.05) is 18.7 Å². The van der Waals surface area contributed by atoms with Gasteiger partial charge in [0.1, 0.15) is 0 Å². The fraction of sp³-hybridized carbons (Fsp3) is 0.185. The van der Waals surface area contributed by atoms with Crippen LogP contribution in [-0.2, 0) is 4.79 Å². The summed E-state index contributed by atoms with van der Waals surface area (Å²) in [6.45, 7) is 1.54. The van der Waals surface area contributed by atoms with Crippen LogP contribution in [0.3, 0.4) is 0 Å². The number of carbonyl (C=O) groups is 2. The average Bonchev–Trinajstić information content (AvgIpc) is 2.84. The zero-order valence-corrected chi connectivity index (χ0v) is 17.5. The van der Waals surface area contributed by atoms with E-state index in [0.717, 1.165) is 43.5 Å². The van der Waals surface area contributed by atoms with Crippen molar-refractivity contribution >= 4 is 29.2 Å². The van der Waals surface area contributed by atoms with Crippen LogP contribution < -0.4 is 5.32 Å². The number of hydrogen-bond donors (Lipinski definition) is 1. The summed E-state index contributed by atoms with van der Waals surface area (Å²) in [5.41, 5.74) is 3.38. The average molecular weight is 411 g/mol. The lowest BCUT2D eigenvalue weighted by molar-refractivity contribution is -0.111. The molecule has 0 spiro atoms. The van der Waals surface area contributed by atoms with Crippen molar-refractivity contribution in [2.24, 2.45) is 0 Å². The third kappa shape index (κ3) is 5.10. The van der Waals surface area contributed by atoms with Crippen molar-refractivity contribution < 1.29 is 9.59 Å². The Balaban J connectivity index is 1.64. The molecule has 0 aromatic heterocycles. The van der Waals surface area contributed by atoms with Gasteiger partial charge in [-0.25, -0.2) is 0 Å². The van der Waals surface area contributed by atoms with E-state index in [9.17, 15) is 9.59 Å². The van der Waals surface area contributed by atoms with E-state index in [0.29, 0.717) is 16.8 Å². The Morgan fingerprint density at radius 3 is 2.06 bits per heavy atom. The Hall–Kier alpha value is -3.66. The van der Waals surface area contributed by atoms with Gasteiger partial charge in [-0.3, -0.25) is 9.59 Å². The first-order valence-corrected chi connectivity index (χ1v) is 10.7. The Labute approximate surface area is 183 Å². The minimum absolute atomic E-state index is 0.0242.